The Kier molecular flexibility index (Phi) is 2.58. The summed E-state index contributed by atoms with van der Waals surface area (Å²) < 4.78 is 5.59. The van der Waals surface area contributed by atoms with Gasteiger partial charge in [0.2, 0.25) is 0 Å². The summed E-state index contributed by atoms with van der Waals surface area (Å²) in [4.78, 5) is 11.8. The lowest BCUT2D eigenvalue weighted by Gasteiger charge is -2.34. The second kappa shape index (κ2) is 3.78. The number of ketones is 1. The quantitative estimate of drug-likeness (QED) is 0.720. The van der Waals surface area contributed by atoms with Crippen molar-refractivity contribution in [2.24, 2.45) is 5.41 Å². The largest absolute Gasteiger partial charge is 0.492 e. The van der Waals surface area contributed by atoms with Gasteiger partial charge in [0.25, 0.3) is 0 Å². The monoisotopic (exact) mass is 216 g/mol. The molecule has 0 aliphatic carbocycles. The minimum atomic E-state index is -0.496. The number of carbonyl (C=O) groups excluding carboxylic acids is 1. The van der Waals surface area contributed by atoms with Crippen molar-refractivity contribution < 1.29 is 9.53 Å². The van der Waals surface area contributed by atoms with Gasteiger partial charge in [-0.1, -0.05) is 29.8 Å². The van der Waals surface area contributed by atoms with Crippen LogP contribution < -0.4 is 0 Å². The lowest BCUT2D eigenvalue weighted by atomic mass is 9.77. The number of aryl methyl sites for hydroxylation is 1. The van der Waals surface area contributed by atoms with Crippen LogP contribution in [0.15, 0.2) is 36.6 Å². The minimum absolute atomic E-state index is 0.115. The van der Waals surface area contributed by atoms with Gasteiger partial charge < -0.3 is 4.74 Å². The van der Waals surface area contributed by atoms with Crippen LogP contribution in [0.1, 0.15) is 31.1 Å². The molecule has 0 N–H and O–H groups in total. The van der Waals surface area contributed by atoms with Crippen molar-refractivity contribution >= 4 is 5.78 Å². The summed E-state index contributed by atoms with van der Waals surface area (Å²) in [6.07, 6.45) is 2.81. The molecule has 1 aromatic rings. The van der Waals surface area contributed by atoms with Gasteiger partial charge in [0.1, 0.15) is 6.10 Å². The maximum Gasteiger partial charge on any atom is 0.168 e. The van der Waals surface area contributed by atoms with Crippen molar-refractivity contribution in [3.8, 4) is 0 Å². The van der Waals surface area contributed by atoms with E-state index in [2.05, 4.69) is 0 Å². The molecule has 2 rings (SSSR count). The topological polar surface area (TPSA) is 26.3 Å². The number of hydrogen-bond acceptors (Lipinski definition) is 2. The van der Waals surface area contributed by atoms with Crippen LogP contribution in [0.4, 0.5) is 0 Å². The van der Waals surface area contributed by atoms with Gasteiger partial charge in [-0.05, 0) is 26.3 Å². The Labute approximate surface area is 95.9 Å². The van der Waals surface area contributed by atoms with Crippen LogP contribution in [0.2, 0.25) is 0 Å². The van der Waals surface area contributed by atoms with E-state index < -0.39 is 5.41 Å². The number of carbonyl (C=O) groups is 1. The highest BCUT2D eigenvalue weighted by atomic mass is 16.5. The highest BCUT2D eigenvalue weighted by Crippen LogP contribution is 2.40. The standard InChI is InChI=1S/C14H16O2/c1-10-4-6-11(7-5-10)13-14(2,3)12(15)8-9-16-13/h4-9,13H,1-3H3/t13-/m1/s1. The van der Waals surface area contributed by atoms with Gasteiger partial charge in [-0.25, -0.2) is 0 Å². The SMILES string of the molecule is Cc1ccc([C@H]2OC=CC(=O)C2(C)C)cc1. The van der Waals surface area contributed by atoms with Crippen molar-refractivity contribution in [3.63, 3.8) is 0 Å². The molecule has 2 nitrogen and oxygen atoms in total. The Balaban J connectivity index is 2.37. The number of benzene rings is 1. The normalized spacial score (nSPS) is 22.9. The summed E-state index contributed by atoms with van der Waals surface area (Å²) in [6.45, 7) is 5.88. The fraction of sp³-hybridized carbons (Fsp3) is 0.357. The fourth-order valence-electron chi connectivity index (χ4n) is 1.93. The van der Waals surface area contributed by atoms with Crippen LogP contribution in [-0.4, -0.2) is 5.78 Å². The maximum atomic E-state index is 11.8. The molecule has 1 aliphatic heterocycles. The zero-order chi connectivity index (χ0) is 11.8. The van der Waals surface area contributed by atoms with E-state index in [1.54, 1.807) is 0 Å². The van der Waals surface area contributed by atoms with Gasteiger partial charge >= 0.3 is 0 Å². The summed E-state index contributed by atoms with van der Waals surface area (Å²) in [6, 6.07) is 8.12. The number of rotatable bonds is 1. The second-order valence-electron chi connectivity index (χ2n) is 4.82. The van der Waals surface area contributed by atoms with Crippen LogP contribution in [0.5, 0.6) is 0 Å². The number of hydrogen-bond donors (Lipinski definition) is 0. The molecule has 0 saturated carbocycles. The zero-order valence-electron chi connectivity index (χ0n) is 9.86. The Morgan fingerprint density at radius 3 is 2.44 bits per heavy atom. The van der Waals surface area contributed by atoms with Crippen molar-refractivity contribution in [2.75, 3.05) is 0 Å². The van der Waals surface area contributed by atoms with Gasteiger partial charge in [-0.15, -0.1) is 0 Å². The minimum Gasteiger partial charge on any atom is -0.492 e. The molecule has 16 heavy (non-hydrogen) atoms. The molecule has 0 unspecified atom stereocenters. The third-order valence-corrected chi connectivity index (χ3v) is 3.10. The molecule has 0 amide bonds. The molecular weight excluding hydrogens is 200 g/mol. The van der Waals surface area contributed by atoms with E-state index in [9.17, 15) is 4.79 Å². The van der Waals surface area contributed by atoms with Crippen molar-refractivity contribution in [3.05, 3.63) is 47.7 Å². The van der Waals surface area contributed by atoms with E-state index in [1.165, 1.54) is 17.9 Å². The molecule has 1 aromatic carbocycles. The predicted octanol–water partition coefficient (Wildman–Crippen LogP) is 3.18. The molecule has 0 bridgehead atoms. The molecule has 0 fully saturated rings. The van der Waals surface area contributed by atoms with Crippen LogP contribution in [0.3, 0.4) is 0 Å². The average molecular weight is 216 g/mol. The summed E-state index contributed by atoms with van der Waals surface area (Å²) in [5.41, 5.74) is 1.76. The van der Waals surface area contributed by atoms with E-state index in [0.717, 1.165) is 5.56 Å². The van der Waals surface area contributed by atoms with E-state index in [1.807, 2.05) is 45.0 Å². The molecule has 0 saturated heterocycles. The number of allylic oxidation sites excluding steroid dienone is 1. The molecular formula is C14H16O2. The van der Waals surface area contributed by atoms with Gasteiger partial charge in [-0.3, -0.25) is 4.79 Å². The Bertz CT molecular complexity index is 427. The van der Waals surface area contributed by atoms with Crippen LogP contribution in [-0.2, 0) is 9.53 Å². The molecule has 2 heteroatoms. The van der Waals surface area contributed by atoms with Gasteiger partial charge in [-0.2, -0.15) is 0 Å². The van der Waals surface area contributed by atoms with E-state index >= 15 is 0 Å². The van der Waals surface area contributed by atoms with Crippen molar-refractivity contribution in [1.82, 2.24) is 0 Å². The molecule has 1 atom stereocenters. The van der Waals surface area contributed by atoms with Crippen molar-refractivity contribution in [1.29, 1.82) is 0 Å². The van der Waals surface area contributed by atoms with Gasteiger partial charge in [0, 0.05) is 6.08 Å². The molecule has 0 radical (unpaired) electrons. The molecule has 0 aromatic heterocycles. The average Bonchev–Trinajstić information content (AvgIpc) is 2.24. The maximum absolute atomic E-state index is 11.8. The molecule has 84 valence electrons. The Morgan fingerprint density at radius 2 is 1.81 bits per heavy atom. The van der Waals surface area contributed by atoms with Crippen LogP contribution in [0, 0.1) is 12.3 Å². The second-order valence-corrected chi connectivity index (χ2v) is 4.82. The first-order chi connectivity index (χ1) is 7.51. The first-order valence-corrected chi connectivity index (χ1v) is 5.45. The Morgan fingerprint density at radius 1 is 1.19 bits per heavy atom. The predicted molar refractivity (Wildman–Crippen MR) is 62.9 cm³/mol. The smallest absolute Gasteiger partial charge is 0.168 e. The van der Waals surface area contributed by atoms with E-state index in [4.69, 9.17) is 4.74 Å². The zero-order valence-corrected chi connectivity index (χ0v) is 9.86. The van der Waals surface area contributed by atoms with Gasteiger partial charge in [0.05, 0.1) is 11.7 Å². The van der Waals surface area contributed by atoms with Gasteiger partial charge in [0.15, 0.2) is 5.78 Å². The van der Waals surface area contributed by atoms with Crippen LogP contribution in [0.25, 0.3) is 0 Å². The highest BCUT2D eigenvalue weighted by Gasteiger charge is 2.39. The van der Waals surface area contributed by atoms with E-state index in [0.29, 0.717) is 0 Å². The van der Waals surface area contributed by atoms with Crippen LogP contribution >= 0.6 is 0 Å². The lowest BCUT2D eigenvalue weighted by molar-refractivity contribution is -0.131. The first kappa shape index (κ1) is 10.9. The third kappa shape index (κ3) is 1.75. The lowest BCUT2D eigenvalue weighted by Crippen LogP contribution is -2.33. The summed E-state index contributed by atoms with van der Waals surface area (Å²) in [7, 11) is 0. The first-order valence-electron chi connectivity index (χ1n) is 5.45. The highest BCUT2D eigenvalue weighted by molar-refractivity contribution is 5.95. The number of ether oxygens (including phenoxy) is 1. The van der Waals surface area contributed by atoms with E-state index in [-0.39, 0.29) is 11.9 Å². The molecule has 1 aliphatic rings. The van der Waals surface area contributed by atoms with Crippen molar-refractivity contribution in [2.45, 2.75) is 26.9 Å². The summed E-state index contributed by atoms with van der Waals surface area (Å²) >= 11 is 0. The third-order valence-electron chi connectivity index (χ3n) is 3.10. The summed E-state index contributed by atoms with van der Waals surface area (Å²) in [5.74, 6) is 0.115. The molecule has 1 heterocycles. The molecule has 0 spiro atoms. The Hall–Kier alpha value is -1.57. The fourth-order valence-corrected chi connectivity index (χ4v) is 1.93. The summed E-state index contributed by atoms with van der Waals surface area (Å²) in [5, 5.41) is 0.